The number of aromatic nitrogens is 1. The maximum Gasteiger partial charge on any atom is 0.259 e. The molecule has 1 aromatic heterocycles. The van der Waals surface area contributed by atoms with Gasteiger partial charge in [0.1, 0.15) is 6.04 Å². The molecule has 0 aromatic carbocycles. The third-order valence-corrected chi connectivity index (χ3v) is 1.85. The molecular formula is C8H11F2N3. The van der Waals surface area contributed by atoms with Crippen molar-refractivity contribution in [3.63, 3.8) is 0 Å². The molecule has 0 saturated carbocycles. The highest BCUT2D eigenvalue weighted by Crippen LogP contribution is 2.21. The second-order valence-corrected chi connectivity index (χ2v) is 2.71. The minimum Gasteiger partial charge on any atom is -0.271 e. The van der Waals surface area contributed by atoms with Gasteiger partial charge in [0.25, 0.3) is 6.43 Å². The van der Waals surface area contributed by atoms with Gasteiger partial charge in [-0.05, 0) is 24.1 Å². The van der Waals surface area contributed by atoms with E-state index in [-0.39, 0.29) is 0 Å². The first-order chi connectivity index (χ1) is 6.16. The lowest BCUT2D eigenvalue weighted by atomic mass is 10.1. The number of nitrogens with zero attached hydrogens (tertiary/aromatic N) is 1. The van der Waals surface area contributed by atoms with Crippen LogP contribution in [0.2, 0.25) is 0 Å². The summed E-state index contributed by atoms with van der Waals surface area (Å²) in [4.78, 5) is 3.77. The Bertz CT molecular complexity index is 278. The minimum atomic E-state index is -2.53. The topological polar surface area (TPSA) is 50.9 Å². The van der Waals surface area contributed by atoms with Crippen molar-refractivity contribution in [3.8, 4) is 0 Å². The van der Waals surface area contributed by atoms with Crippen LogP contribution < -0.4 is 11.3 Å². The standard InChI is InChI=1S/C8H11F2N3/c1-5-2-3-12-4-6(5)7(13-11)8(9)10/h2-4,7-8,13H,11H2,1H3. The highest BCUT2D eigenvalue weighted by atomic mass is 19.3. The lowest BCUT2D eigenvalue weighted by Gasteiger charge is -2.16. The van der Waals surface area contributed by atoms with E-state index in [1.807, 2.05) is 0 Å². The maximum absolute atomic E-state index is 12.4. The monoisotopic (exact) mass is 187 g/mol. The van der Waals surface area contributed by atoms with Gasteiger partial charge in [0.05, 0.1) is 0 Å². The molecule has 1 atom stereocenters. The number of aryl methyl sites for hydroxylation is 1. The van der Waals surface area contributed by atoms with E-state index in [2.05, 4.69) is 10.4 Å². The van der Waals surface area contributed by atoms with E-state index in [1.54, 1.807) is 19.2 Å². The van der Waals surface area contributed by atoms with Crippen molar-refractivity contribution in [2.75, 3.05) is 0 Å². The summed E-state index contributed by atoms with van der Waals surface area (Å²) in [6.07, 6.45) is 0.414. The van der Waals surface area contributed by atoms with Crippen LogP contribution >= 0.6 is 0 Å². The first kappa shape index (κ1) is 10.0. The third-order valence-electron chi connectivity index (χ3n) is 1.85. The second-order valence-electron chi connectivity index (χ2n) is 2.71. The summed E-state index contributed by atoms with van der Waals surface area (Å²) in [5.74, 6) is 5.02. The predicted molar refractivity (Wildman–Crippen MR) is 45.0 cm³/mol. The number of nitrogens with two attached hydrogens (primary N) is 1. The van der Waals surface area contributed by atoms with Crippen LogP contribution in [0.3, 0.4) is 0 Å². The van der Waals surface area contributed by atoms with E-state index in [1.165, 1.54) is 6.20 Å². The Kier molecular flexibility index (Phi) is 3.27. The summed E-state index contributed by atoms with van der Waals surface area (Å²) in [5.41, 5.74) is 3.25. The average Bonchev–Trinajstić information content (AvgIpc) is 2.09. The van der Waals surface area contributed by atoms with Crippen LogP contribution in [-0.4, -0.2) is 11.4 Å². The van der Waals surface area contributed by atoms with Crippen LogP contribution in [0.1, 0.15) is 17.2 Å². The molecule has 0 aliphatic rings. The van der Waals surface area contributed by atoms with Gasteiger partial charge < -0.3 is 0 Å². The van der Waals surface area contributed by atoms with Crippen molar-refractivity contribution < 1.29 is 8.78 Å². The molecule has 0 aliphatic carbocycles. The van der Waals surface area contributed by atoms with E-state index in [4.69, 9.17) is 5.84 Å². The summed E-state index contributed by atoms with van der Waals surface area (Å²) in [5, 5.41) is 0. The van der Waals surface area contributed by atoms with E-state index in [9.17, 15) is 8.78 Å². The molecule has 0 saturated heterocycles. The quantitative estimate of drug-likeness (QED) is 0.551. The SMILES string of the molecule is Cc1ccncc1C(NN)C(F)F. The second kappa shape index (κ2) is 4.25. The molecule has 3 N–H and O–H groups in total. The van der Waals surface area contributed by atoms with E-state index in [0.29, 0.717) is 5.56 Å². The zero-order valence-electron chi connectivity index (χ0n) is 7.17. The first-order valence-electron chi connectivity index (χ1n) is 3.81. The molecule has 0 spiro atoms. The zero-order chi connectivity index (χ0) is 9.84. The molecule has 0 radical (unpaired) electrons. The van der Waals surface area contributed by atoms with Crippen molar-refractivity contribution in [2.24, 2.45) is 5.84 Å². The fourth-order valence-corrected chi connectivity index (χ4v) is 1.10. The van der Waals surface area contributed by atoms with Crippen molar-refractivity contribution in [3.05, 3.63) is 29.6 Å². The maximum atomic E-state index is 12.4. The Balaban J connectivity index is 2.97. The number of hydrazine groups is 1. The Hall–Kier alpha value is -1.07. The molecule has 3 nitrogen and oxygen atoms in total. The molecule has 1 aromatic rings. The van der Waals surface area contributed by atoms with Gasteiger partial charge in [0.2, 0.25) is 0 Å². The number of rotatable bonds is 3. The van der Waals surface area contributed by atoms with Crippen molar-refractivity contribution in [1.82, 2.24) is 10.4 Å². The normalized spacial score (nSPS) is 13.3. The van der Waals surface area contributed by atoms with Crippen LogP contribution in [0.4, 0.5) is 8.78 Å². The van der Waals surface area contributed by atoms with Crippen molar-refractivity contribution in [2.45, 2.75) is 19.4 Å². The Labute approximate surface area is 74.9 Å². The van der Waals surface area contributed by atoms with Gasteiger partial charge in [-0.2, -0.15) is 0 Å². The zero-order valence-corrected chi connectivity index (χ0v) is 7.17. The van der Waals surface area contributed by atoms with Crippen LogP contribution in [0.25, 0.3) is 0 Å². The molecule has 0 bridgehead atoms. The average molecular weight is 187 g/mol. The highest BCUT2D eigenvalue weighted by Gasteiger charge is 2.22. The molecule has 0 aliphatic heterocycles. The Morgan fingerprint density at radius 3 is 2.69 bits per heavy atom. The summed E-state index contributed by atoms with van der Waals surface area (Å²) in [7, 11) is 0. The fraction of sp³-hybridized carbons (Fsp3) is 0.375. The predicted octanol–water partition coefficient (Wildman–Crippen LogP) is 1.16. The molecule has 72 valence electrons. The molecule has 13 heavy (non-hydrogen) atoms. The van der Waals surface area contributed by atoms with E-state index < -0.39 is 12.5 Å². The summed E-state index contributed by atoms with van der Waals surface area (Å²) in [6, 6.07) is 0.524. The lowest BCUT2D eigenvalue weighted by molar-refractivity contribution is 0.0982. The van der Waals surface area contributed by atoms with E-state index in [0.717, 1.165) is 5.56 Å². The van der Waals surface area contributed by atoms with Gasteiger partial charge in [0.15, 0.2) is 0 Å². The fourth-order valence-electron chi connectivity index (χ4n) is 1.10. The van der Waals surface area contributed by atoms with Gasteiger partial charge >= 0.3 is 0 Å². The Morgan fingerprint density at radius 1 is 1.54 bits per heavy atom. The van der Waals surface area contributed by atoms with Crippen LogP contribution in [0, 0.1) is 6.92 Å². The number of hydrogen-bond acceptors (Lipinski definition) is 3. The van der Waals surface area contributed by atoms with Gasteiger partial charge in [-0.15, -0.1) is 0 Å². The number of hydrogen-bond donors (Lipinski definition) is 2. The van der Waals surface area contributed by atoms with Crippen LogP contribution in [0.5, 0.6) is 0 Å². The smallest absolute Gasteiger partial charge is 0.259 e. The molecule has 1 unspecified atom stereocenters. The molecule has 5 heteroatoms. The molecular weight excluding hydrogens is 176 g/mol. The van der Waals surface area contributed by atoms with Crippen molar-refractivity contribution >= 4 is 0 Å². The number of nitrogens with one attached hydrogen (secondary N) is 1. The number of alkyl halides is 2. The summed E-state index contributed by atoms with van der Waals surface area (Å²) in [6.45, 7) is 1.74. The van der Waals surface area contributed by atoms with Gasteiger partial charge in [0, 0.05) is 12.4 Å². The number of halogens is 2. The lowest BCUT2D eigenvalue weighted by Crippen LogP contribution is -2.33. The molecule has 1 rings (SSSR count). The first-order valence-corrected chi connectivity index (χ1v) is 3.81. The van der Waals surface area contributed by atoms with Crippen LogP contribution in [-0.2, 0) is 0 Å². The van der Waals surface area contributed by atoms with Crippen molar-refractivity contribution in [1.29, 1.82) is 0 Å². The highest BCUT2D eigenvalue weighted by molar-refractivity contribution is 5.25. The van der Waals surface area contributed by atoms with Gasteiger partial charge in [-0.3, -0.25) is 10.8 Å². The summed E-state index contributed by atoms with van der Waals surface area (Å²) >= 11 is 0. The molecule has 0 fully saturated rings. The van der Waals surface area contributed by atoms with E-state index >= 15 is 0 Å². The Morgan fingerprint density at radius 2 is 2.23 bits per heavy atom. The largest absolute Gasteiger partial charge is 0.271 e. The molecule has 1 heterocycles. The van der Waals surface area contributed by atoms with Gasteiger partial charge in [-0.1, -0.05) is 0 Å². The summed E-state index contributed by atoms with van der Waals surface area (Å²) < 4.78 is 24.8. The van der Waals surface area contributed by atoms with Crippen LogP contribution in [0.15, 0.2) is 18.5 Å². The minimum absolute atomic E-state index is 0.431. The molecule has 0 amide bonds. The van der Waals surface area contributed by atoms with Gasteiger partial charge in [-0.25, -0.2) is 14.2 Å². The third kappa shape index (κ3) is 2.19. The number of pyridine rings is 1.